The average Bonchev–Trinajstić information content (AvgIpc) is 2.83. The summed E-state index contributed by atoms with van der Waals surface area (Å²) < 4.78 is 7.28. The smallest absolute Gasteiger partial charge is 0.274 e. The number of benzene rings is 2. The van der Waals surface area contributed by atoms with Gasteiger partial charge in [0, 0.05) is 24.9 Å². The molecule has 0 radical (unpaired) electrons. The van der Waals surface area contributed by atoms with Crippen molar-refractivity contribution in [3.05, 3.63) is 106 Å². The predicted octanol–water partition coefficient (Wildman–Crippen LogP) is 3.72. The highest BCUT2D eigenvalue weighted by molar-refractivity contribution is 5.95. The number of ether oxygens (including phenoxy) is 1. The Morgan fingerprint density at radius 1 is 0.938 bits per heavy atom. The summed E-state index contributed by atoms with van der Waals surface area (Å²) in [6.45, 7) is 4.59. The van der Waals surface area contributed by atoms with Gasteiger partial charge in [-0.3, -0.25) is 19.3 Å². The minimum atomic E-state index is -0.145. The van der Waals surface area contributed by atoms with Crippen LogP contribution in [0.1, 0.15) is 46.6 Å². The monoisotopic (exact) mass is 431 g/mol. The van der Waals surface area contributed by atoms with Crippen LogP contribution in [0.15, 0.2) is 77.7 Å². The molecule has 1 aromatic heterocycles. The van der Waals surface area contributed by atoms with Gasteiger partial charge < -0.3 is 9.64 Å². The summed E-state index contributed by atoms with van der Waals surface area (Å²) in [5.41, 5.74) is 2.95. The molecule has 4 rings (SSSR count). The van der Waals surface area contributed by atoms with Gasteiger partial charge in [-0.05, 0) is 24.5 Å². The predicted molar refractivity (Wildman–Crippen MR) is 125 cm³/mol. The van der Waals surface area contributed by atoms with E-state index in [1.54, 1.807) is 20.2 Å². The first-order chi connectivity index (χ1) is 15.6. The molecule has 1 atom stereocenters. The van der Waals surface area contributed by atoms with E-state index < -0.39 is 0 Å². The summed E-state index contributed by atoms with van der Waals surface area (Å²) in [5, 5.41) is 2.16. The molecule has 0 fully saturated rings. The summed E-state index contributed by atoms with van der Waals surface area (Å²) in [6, 6.07) is 21.8. The highest BCUT2D eigenvalue weighted by Gasteiger charge is 2.37. The van der Waals surface area contributed by atoms with Gasteiger partial charge in [0.2, 0.25) is 0 Å². The lowest BCUT2D eigenvalue weighted by Gasteiger charge is -2.46. The van der Waals surface area contributed by atoms with Crippen molar-refractivity contribution in [1.82, 2.24) is 9.58 Å². The van der Waals surface area contributed by atoms with Crippen LogP contribution in [0.2, 0.25) is 0 Å². The highest BCUT2D eigenvalue weighted by Crippen LogP contribution is 2.31. The van der Waals surface area contributed by atoms with Gasteiger partial charge in [0.15, 0.2) is 5.43 Å². The lowest BCUT2D eigenvalue weighted by molar-refractivity contribution is 0.0432. The fraction of sp³-hybridized carbons (Fsp3) is 0.308. The number of nitrogens with zero attached hydrogens (tertiary/aromatic N) is 3. The SMILES string of the molecule is CCC(COC)N1CN(C(c2ccccc2)c2ccccc2)n2ccc(=O)c(C)c2C1=O. The minimum absolute atomic E-state index is 0.0920. The number of carbonyl (C=O) groups is 1. The first-order valence-corrected chi connectivity index (χ1v) is 11.0. The molecule has 1 amide bonds. The summed E-state index contributed by atoms with van der Waals surface area (Å²) in [4.78, 5) is 27.9. The first kappa shape index (κ1) is 21.8. The van der Waals surface area contributed by atoms with Gasteiger partial charge in [0.05, 0.1) is 18.7 Å². The Morgan fingerprint density at radius 3 is 2.06 bits per heavy atom. The molecular formula is C26H29N3O3. The maximum absolute atomic E-state index is 13.6. The molecule has 32 heavy (non-hydrogen) atoms. The number of methoxy groups -OCH3 is 1. The molecule has 0 aliphatic carbocycles. The topological polar surface area (TPSA) is 54.8 Å². The molecule has 2 heterocycles. The Labute approximate surface area is 188 Å². The van der Waals surface area contributed by atoms with E-state index in [0.717, 1.165) is 17.5 Å². The summed E-state index contributed by atoms with van der Waals surface area (Å²) in [7, 11) is 1.65. The second-order valence-corrected chi connectivity index (χ2v) is 8.10. The molecule has 6 heteroatoms. The molecule has 3 aromatic rings. The van der Waals surface area contributed by atoms with Crippen molar-refractivity contribution < 1.29 is 9.53 Å². The van der Waals surface area contributed by atoms with Crippen LogP contribution in [0.25, 0.3) is 0 Å². The van der Waals surface area contributed by atoms with Crippen LogP contribution in [0.5, 0.6) is 0 Å². The highest BCUT2D eigenvalue weighted by atomic mass is 16.5. The fourth-order valence-electron chi connectivity index (χ4n) is 4.44. The standard InChI is InChI=1S/C26H29N3O3/c1-4-22(17-32-3)27-18-29(28-16-15-23(30)19(2)24(28)26(27)31)25(20-11-7-5-8-12-20)21-13-9-6-10-14-21/h5-16,22,25H,4,17-18H2,1-3H3. The van der Waals surface area contributed by atoms with E-state index in [-0.39, 0.29) is 23.4 Å². The molecule has 166 valence electrons. The number of hydrogen-bond acceptors (Lipinski definition) is 4. The Hall–Kier alpha value is -3.38. The van der Waals surface area contributed by atoms with E-state index in [1.807, 2.05) is 52.9 Å². The third-order valence-electron chi connectivity index (χ3n) is 6.16. The van der Waals surface area contributed by atoms with Gasteiger partial charge in [-0.1, -0.05) is 67.6 Å². The van der Waals surface area contributed by atoms with E-state index in [0.29, 0.717) is 24.5 Å². The zero-order chi connectivity index (χ0) is 22.7. The van der Waals surface area contributed by atoms with E-state index in [1.165, 1.54) is 6.07 Å². The van der Waals surface area contributed by atoms with Gasteiger partial charge in [0.1, 0.15) is 12.4 Å². The van der Waals surface area contributed by atoms with Crippen LogP contribution in [0.4, 0.5) is 0 Å². The minimum Gasteiger partial charge on any atom is -0.383 e. The molecule has 2 aromatic carbocycles. The van der Waals surface area contributed by atoms with E-state index in [2.05, 4.69) is 29.3 Å². The normalized spacial score (nSPS) is 14.6. The van der Waals surface area contributed by atoms with Gasteiger partial charge in [-0.15, -0.1) is 0 Å². The van der Waals surface area contributed by atoms with Gasteiger partial charge in [0.25, 0.3) is 5.91 Å². The van der Waals surface area contributed by atoms with Crippen LogP contribution >= 0.6 is 0 Å². The van der Waals surface area contributed by atoms with Crippen LogP contribution in [-0.2, 0) is 4.74 Å². The zero-order valence-electron chi connectivity index (χ0n) is 18.8. The third-order valence-corrected chi connectivity index (χ3v) is 6.16. The number of amides is 1. The van der Waals surface area contributed by atoms with Crippen molar-refractivity contribution in [2.45, 2.75) is 32.4 Å². The van der Waals surface area contributed by atoms with Crippen LogP contribution in [-0.4, -0.2) is 41.9 Å². The first-order valence-electron chi connectivity index (χ1n) is 11.0. The van der Waals surface area contributed by atoms with Gasteiger partial charge in [-0.2, -0.15) is 0 Å². The van der Waals surface area contributed by atoms with Crippen molar-refractivity contribution in [2.24, 2.45) is 0 Å². The van der Waals surface area contributed by atoms with Crippen LogP contribution < -0.4 is 10.4 Å². The Morgan fingerprint density at radius 2 is 1.53 bits per heavy atom. The second kappa shape index (κ2) is 9.40. The molecule has 6 nitrogen and oxygen atoms in total. The largest absolute Gasteiger partial charge is 0.383 e. The zero-order valence-corrected chi connectivity index (χ0v) is 18.8. The Kier molecular flexibility index (Phi) is 6.42. The summed E-state index contributed by atoms with van der Waals surface area (Å²) in [6.07, 6.45) is 2.47. The number of rotatable bonds is 7. The number of pyridine rings is 1. The number of hydrogen-bond donors (Lipinski definition) is 0. The Bertz CT molecular complexity index is 1090. The molecule has 1 aliphatic heterocycles. The van der Waals surface area contributed by atoms with E-state index in [9.17, 15) is 9.59 Å². The molecular weight excluding hydrogens is 402 g/mol. The molecule has 0 saturated carbocycles. The second-order valence-electron chi connectivity index (χ2n) is 8.10. The molecule has 0 N–H and O–H groups in total. The quantitative estimate of drug-likeness (QED) is 0.572. The number of fused-ring (bicyclic) bond motifs is 1. The van der Waals surface area contributed by atoms with E-state index >= 15 is 0 Å². The summed E-state index contributed by atoms with van der Waals surface area (Å²) >= 11 is 0. The molecule has 1 unspecified atom stereocenters. The lowest BCUT2D eigenvalue weighted by Crippen LogP contribution is -2.59. The van der Waals surface area contributed by atoms with Crippen molar-refractivity contribution in [2.75, 3.05) is 25.4 Å². The lowest BCUT2D eigenvalue weighted by atomic mass is 9.97. The molecule has 0 spiro atoms. The maximum atomic E-state index is 13.6. The maximum Gasteiger partial charge on any atom is 0.274 e. The van der Waals surface area contributed by atoms with Crippen molar-refractivity contribution >= 4 is 5.91 Å². The number of carbonyl (C=O) groups excluding carboxylic acids is 1. The Balaban J connectivity index is 1.93. The average molecular weight is 432 g/mol. The van der Waals surface area contributed by atoms with Crippen LogP contribution in [0, 0.1) is 6.92 Å². The van der Waals surface area contributed by atoms with E-state index in [4.69, 9.17) is 4.74 Å². The van der Waals surface area contributed by atoms with Gasteiger partial charge >= 0.3 is 0 Å². The van der Waals surface area contributed by atoms with Crippen molar-refractivity contribution in [3.8, 4) is 0 Å². The van der Waals surface area contributed by atoms with Crippen LogP contribution in [0.3, 0.4) is 0 Å². The fourth-order valence-corrected chi connectivity index (χ4v) is 4.44. The van der Waals surface area contributed by atoms with Gasteiger partial charge in [-0.25, -0.2) is 0 Å². The third kappa shape index (κ3) is 3.94. The van der Waals surface area contributed by atoms with Crippen molar-refractivity contribution in [1.29, 1.82) is 0 Å². The molecule has 0 bridgehead atoms. The summed E-state index contributed by atoms with van der Waals surface area (Å²) in [5.74, 6) is -0.139. The molecule has 0 saturated heterocycles. The van der Waals surface area contributed by atoms with Crippen molar-refractivity contribution in [3.63, 3.8) is 0 Å². The number of aromatic nitrogens is 1. The molecule has 1 aliphatic rings.